The molecule has 4 nitrogen and oxygen atoms in total. The highest BCUT2D eigenvalue weighted by molar-refractivity contribution is 7.99. The highest BCUT2D eigenvalue weighted by Gasteiger charge is 2.29. The number of rotatable bonds is 6. The van der Waals surface area contributed by atoms with E-state index in [2.05, 4.69) is 0 Å². The molecule has 1 saturated heterocycles. The van der Waals surface area contributed by atoms with Gasteiger partial charge in [-0.15, -0.1) is 0 Å². The van der Waals surface area contributed by atoms with Crippen molar-refractivity contribution in [1.29, 1.82) is 0 Å². The van der Waals surface area contributed by atoms with Crippen LogP contribution >= 0.6 is 11.8 Å². The third-order valence-corrected chi connectivity index (χ3v) is 4.55. The highest BCUT2D eigenvalue weighted by atomic mass is 32.2. The summed E-state index contributed by atoms with van der Waals surface area (Å²) < 4.78 is 11.2. The summed E-state index contributed by atoms with van der Waals surface area (Å²) >= 11 is 1.88. The molecular formula is C16H25NO3S. The first-order valence-corrected chi connectivity index (χ1v) is 8.78. The van der Waals surface area contributed by atoms with Crippen molar-refractivity contribution in [2.75, 3.05) is 24.7 Å². The molecule has 0 aromatic carbocycles. The summed E-state index contributed by atoms with van der Waals surface area (Å²) in [5.74, 6) is 3.94. The zero-order valence-corrected chi connectivity index (χ0v) is 13.9. The van der Waals surface area contributed by atoms with Crippen LogP contribution in [-0.2, 0) is 9.53 Å². The van der Waals surface area contributed by atoms with E-state index in [1.807, 2.05) is 49.6 Å². The number of thioether (sulfide) groups is 1. The second-order valence-electron chi connectivity index (χ2n) is 5.65. The van der Waals surface area contributed by atoms with Crippen molar-refractivity contribution in [1.82, 2.24) is 4.90 Å². The average molecular weight is 311 g/mol. The Morgan fingerprint density at radius 3 is 3.00 bits per heavy atom. The quantitative estimate of drug-likeness (QED) is 0.755. The van der Waals surface area contributed by atoms with Crippen molar-refractivity contribution in [2.24, 2.45) is 0 Å². The first-order valence-electron chi connectivity index (χ1n) is 7.63. The van der Waals surface area contributed by atoms with Gasteiger partial charge in [0.1, 0.15) is 11.5 Å². The van der Waals surface area contributed by atoms with Gasteiger partial charge in [0, 0.05) is 31.1 Å². The van der Waals surface area contributed by atoms with E-state index in [0.717, 1.165) is 36.0 Å². The molecule has 1 aromatic rings. The monoisotopic (exact) mass is 311 g/mol. The number of furan rings is 1. The van der Waals surface area contributed by atoms with Crippen LogP contribution in [0.1, 0.15) is 44.3 Å². The zero-order valence-electron chi connectivity index (χ0n) is 13.1. The summed E-state index contributed by atoms with van der Waals surface area (Å²) in [7, 11) is 0. The Morgan fingerprint density at radius 2 is 2.33 bits per heavy atom. The van der Waals surface area contributed by atoms with Gasteiger partial charge in [-0.2, -0.15) is 11.8 Å². The van der Waals surface area contributed by atoms with Gasteiger partial charge in [0.2, 0.25) is 5.91 Å². The van der Waals surface area contributed by atoms with Crippen LogP contribution in [0, 0.1) is 6.92 Å². The van der Waals surface area contributed by atoms with Crippen LogP contribution in [-0.4, -0.2) is 41.6 Å². The molecule has 1 amide bonds. The van der Waals surface area contributed by atoms with E-state index in [1.165, 1.54) is 0 Å². The minimum absolute atomic E-state index is 0.0796. The normalized spacial score (nSPS) is 19.2. The molecule has 1 aliphatic heterocycles. The Hall–Kier alpha value is -0.940. The molecule has 1 atom stereocenters. The molecule has 0 radical (unpaired) electrons. The highest BCUT2D eigenvalue weighted by Crippen LogP contribution is 2.31. The van der Waals surface area contributed by atoms with Crippen molar-refractivity contribution >= 4 is 17.7 Å². The fourth-order valence-electron chi connectivity index (χ4n) is 2.46. The van der Waals surface area contributed by atoms with Crippen molar-refractivity contribution < 1.29 is 13.9 Å². The standard InChI is InChI=1S/C16H25NO3S/c1-12(2)19-9-4-5-16(18)17-8-10-21-11-14(17)15-7-6-13(3)20-15/h6-7,12,14H,4-5,8-11H2,1-3H3/t14-/m0/s1. The SMILES string of the molecule is Cc1ccc([C@@H]2CSCCN2C(=O)CCCOC(C)C)o1. The van der Waals surface area contributed by atoms with Crippen molar-refractivity contribution in [2.45, 2.75) is 45.8 Å². The molecule has 1 fully saturated rings. The molecule has 2 heterocycles. The van der Waals surface area contributed by atoms with Gasteiger partial charge in [-0.3, -0.25) is 4.79 Å². The van der Waals surface area contributed by atoms with Crippen LogP contribution in [0.25, 0.3) is 0 Å². The second-order valence-corrected chi connectivity index (χ2v) is 6.80. The number of hydrogen-bond donors (Lipinski definition) is 0. The van der Waals surface area contributed by atoms with Gasteiger partial charge in [-0.05, 0) is 39.3 Å². The molecule has 5 heteroatoms. The smallest absolute Gasteiger partial charge is 0.223 e. The molecule has 2 rings (SSSR count). The fraction of sp³-hybridized carbons (Fsp3) is 0.688. The number of ether oxygens (including phenoxy) is 1. The van der Waals surface area contributed by atoms with Gasteiger partial charge in [-0.1, -0.05) is 0 Å². The molecule has 0 N–H and O–H groups in total. The van der Waals surface area contributed by atoms with E-state index in [0.29, 0.717) is 13.0 Å². The molecule has 0 bridgehead atoms. The van der Waals surface area contributed by atoms with E-state index >= 15 is 0 Å². The number of nitrogens with zero attached hydrogens (tertiary/aromatic N) is 1. The maximum Gasteiger partial charge on any atom is 0.223 e. The van der Waals surface area contributed by atoms with E-state index < -0.39 is 0 Å². The Balaban J connectivity index is 1.90. The molecule has 0 saturated carbocycles. The van der Waals surface area contributed by atoms with E-state index in [-0.39, 0.29) is 18.1 Å². The topological polar surface area (TPSA) is 42.7 Å². The van der Waals surface area contributed by atoms with Gasteiger partial charge in [-0.25, -0.2) is 0 Å². The van der Waals surface area contributed by atoms with Gasteiger partial charge >= 0.3 is 0 Å². The lowest BCUT2D eigenvalue weighted by Crippen LogP contribution is -2.40. The van der Waals surface area contributed by atoms with Crippen LogP contribution in [0.3, 0.4) is 0 Å². The number of amides is 1. The largest absolute Gasteiger partial charge is 0.464 e. The van der Waals surface area contributed by atoms with Crippen LogP contribution < -0.4 is 0 Å². The second kappa shape index (κ2) is 7.90. The average Bonchev–Trinajstić information content (AvgIpc) is 2.89. The Labute approximate surface area is 131 Å². The lowest BCUT2D eigenvalue weighted by Gasteiger charge is -2.34. The van der Waals surface area contributed by atoms with Crippen molar-refractivity contribution in [3.63, 3.8) is 0 Å². The van der Waals surface area contributed by atoms with Crippen LogP contribution in [0.5, 0.6) is 0 Å². The minimum Gasteiger partial charge on any atom is -0.464 e. The maximum atomic E-state index is 12.5. The Bertz CT molecular complexity index is 458. The Morgan fingerprint density at radius 1 is 1.52 bits per heavy atom. The number of carbonyl (C=O) groups is 1. The Kier molecular flexibility index (Phi) is 6.18. The van der Waals surface area contributed by atoms with Gasteiger partial charge in [0.25, 0.3) is 0 Å². The number of carbonyl (C=O) groups excluding carboxylic acids is 1. The van der Waals surface area contributed by atoms with E-state index in [9.17, 15) is 4.79 Å². The molecule has 118 valence electrons. The summed E-state index contributed by atoms with van der Waals surface area (Å²) in [4.78, 5) is 14.4. The molecule has 0 unspecified atom stereocenters. The molecule has 21 heavy (non-hydrogen) atoms. The van der Waals surface area contributed by atoms with Gasteiger partial charge in [0.05, 0.1) is 12.1 Å². The summed E-state index contributed by atoms with van der Waals surface area (Å²) in [6.45, 7) is 7.42. The third kappa shape index (κ3) is 4.78. The van der Waals surface area contributed by atoms with Gasteiger partial charge in [0.15, 0.2) is 0 Å². The van der Waals surface area contributed by atoms with E-state index in [1.54, 1.807) is 0 Å². The van der Waals surface area contributed by atoms with Crippen LogP contribution in [0.2, 0.25) is 0 Å². The summed E-state index contributed by atoms with van der Waals surface area (Å²) in [5.41, 5.74) is 0. The maximum absolute atomic E-state index is 12.5. The lowest BCUT2D eigenvalue weighted by atomic mass is 10.2. The molecule has 1 aliphatic rings. The van der Waals surface area contributed by atoms with Crippen molar-refractivity contribution in [3.05, 3.63) is 23.7 Å². The zero-order chi connectivity index (χ0) is 15.2. The molecule has 1 aromatic heterocycles. The molecule has 0 aliphatic carbocycles. The summed E-state index contributed by atoms with van der Waals surface area (Å²) in [5, 5.41) is 0. The molecular weight excluding hydrogens is 286 g/mol. The lowest BCUT2D eigenvalue weighted by molar-refractivity contribution is -0.134. The van der Waals surface area contributed by atoms with Crippen LogP contribution in [0.4, 0.5) is 0 Å². The fourth-order valence-corrected chi connectivity index (χ4v) is 3.52. The summed E-state index contributed by atoms with van der Waals surface area (Å²) in [6, 6.07) is 4.04. The third-order valence-electron chi connectivity index (χ3n) is 3.52. The minimum atomic E-state index is 0.0796. The first kappa shape index (κ1) is 16.4. The van der Waals surface area contributed by atoms with Crippen LogP contribution in [0.15, 0.2) is 16.5 Å². The summed E-state index contributed by atoms with van der Waals surface area (Å²) in [6.07, 6.45) is 1.56. The predicted molar refractivity (Wildman–Crippen MR) is 85.5 cm³/mol. The number of hydrogen-bond acceptors (Lipinski definition) is 4. The molecule has 0 spiro atoms. The van der Waals surface area contributed by atoms with Crippen molar-refractivity contribution in [3.8, 4) is 0 Å². The van der Waals surface area contributed by atoms with E-state index in [4.69, 9.17) is 9.15 Å². The predicted octanol–water partition coefficient (Wildman–Crippen LogP) is 3.41. The number of aryl methyl sites for hydroxylation is 1. The first-order chi connectivity index (χ1) is 10.1. The van der Waals surface area contributed by atoms with Gasteiger partial charge < -0.3 is 14.1 Å².